The van der Waals surface area contributed by atoms with E-state index in [-0.39, 0.29) is 5.78 Å². The van der Waals surface area contributed by atoms with E-state index in [9.17, 15) is 4.79 Å². The standard InChI is InChI=1S/C10H9BrN2O/c1-7(14)4-10-12-5-9-3-2-8(11)6-13(9)10/h2-3,5-6H,4H2,1H3. The van der Waals surface area contributed by atoms with Crippen LogP contribution in [-0.2, 0) is 11.2 Å². The predicted octanol–water partition coefficient (Wildman–Crippen LogP) is 2.23. The molecule has 0 fully saturated rings. The van der Waals surface area contributed by atoms with Gasteiger partial charge >= 0.3 is 0 Å². The molecule has 0 aliphatic rings. The molecule has 0 spiro atoms. The molecule has 0 atom stereocenters. The lowest BCUT2D eigenvalue weighted by molar-refractivity contribution is -0.116. The number of hydrogen-bond donors (Lipinski definition) is 0. The zero-order chi connectivity index (χ0) is 10.1. The summed E-state index contributed by atoms with van der Waals surface area (Å²) < 4.78 is 2.90. The van der Waals surface area contributed by atoms with Crippen LogP contribution in [0.4, 0.5) is 0 Å². The number of fused-ring (bicyclic) bond motifs is 1. The summed E-state index contributed by atoms with van der Waals surface area (Å²) in [6.07, 6.45) is 4.07. The van der Waals surface area contributed by atoms with Gasteiger partial charge in [0.1, 0.15) is 11.6 Å². The van der Waals surface area contributed by atoms with Gasteiger partial charge in [0.05, 0.1) is 18.1 Å². The van der Waals surface area contributed by atoms with Crippen molar-refractivity contribution in [3.8, 4) is 0 Å². The van der Waals surface area contributed by atoms with Gasteiger partial charge in [-0.25, -0.2) is 4.98 Å². The average Bonchev–Trinajstić information content (AvgIpc) is 2.47. The third-order valence-electron chi connectivity index (χ3n) is 1.97. The minimum absolute atomic E-state index is 0.123. The zero-order valence-electron chi connectivity index (χ0n) is 7.70. The fourth-order valence-corrected chi connectivity index (χ4v) is 1.71. The maximum Gasteiger partial charge on any atom is 0.137 e. The van der Waals surface area contributed by atoms with Gasteiger partial charge in [-0.3, -0.25) is 4.79 Å². The molecule has 2 rings (SSSR count). The van der Waals surface area contributed by atoms with Gasteiger partial charge in [0.2, 0.25) is 0 Å². The number of hydrogen-bond acceptors (Lipinski definition) is 2. The molecule has 0 unspecified atom stereocenters. The molecule has 0 amide bonds. The van der Waals surface area contributed by atoms with Crippen molar-refractivity contribution < 1.29 is 4.79 Å². The first kappa shape index (κ1) is 9.40. The van der Waals surface area contributed by atoms with E-state index in [2.05, 4.69) is 20.9 Å². The Bertz CT molecular complexity index is 490. The number of pyridine rings is 1. The van der Waals surface area contributed by atoms with Crippen LogP contribution in [0.1, 0.15) is 12.7 Å². The number of carbonyl (C=O) groups is 1. The molecular weight excluding hydrogens is 244 g/mol. The summed E-state index contributed by atoms with van der Waals surface area (Å²) in [6.45, 7) is 1.57. The van der Waals surface area contributed by atoms with Crippen molar-refractivity contribution in [3.05, 3.63) is 34.8 Å². The van der Waals surface area contributed by atoms with E-state index in [4.69, 9.17) is 0 Å². The summed E-state index contributed by atoms with van der Waals surface area (Å²) in [6, 6.07) is 3.91. The Hall–Kier alpha value is -1.16. The Labute approximate surface area is 89.9 Å². The van der Waals surface area contributed by atoms with E-state index in [1.807, 2.05) is 22.7 Å². The Morgan fingerprint density at radius 3 is 3.07 bits per heavy atom. The lowest BCUT2D eigenvalue weighted by Crippen LogP contribution is -2.01. The highest BCUT2D eigenvalue weighted by Crippen LogP contribution is 2.14. The molecule has 2 aromatic rings. The highest BCUT2D eigenvalue weighted by atomic mass is 79.9. The van der Waals surface area contributed by atoms with Crippen molar-refractivity contribution in [1.29, 1.82) is 0 Å². The van der Waals surface area contributed by atoms with Crippen LogP contribution in [-0.4, -0.2) is 15.2 Å². The molecule has 0 saturated heterocycles. The maximum atomic E-state index is 11.0. The van der Waals surface area contributed by atoms with Crippen LogP contribution in [0.15, 0.2) is 29.0 Å². The molecule has 4 heteroatoms. The second-order valence-electron chi connectivity index (χ2n) is 3.20. The summed E-state index contributed by atoms with van der Waals surface area (Å²) in [5.74, 6) is 0.909. The van der Waals surface area contributed by atoms with Crippen LogP contribution in [0, 0.1) is 0 Å². The quantitative estimate of drug-likeness (QED) is 0.822. The molecule has 2 aromatic heterocycles. The Kier molecular flexibility index (Phi) is 2.37. The van der Waals surface area contributed by atoms with Crippen LogP contribution < -0.4 is 0 Å². The van der Waals surface area contributed by atoms with Gasteiger partial charge in [-0.15, -0.1) is 0 Å². The normalized spacial score (nSPS) is 10.7. The van der Waals surface area contributed by atoms with Gasteiger partial charge < -0.3 is 4.40 Å². The fraction of sp³-hybridized carbons (Fsp3) is 0.200. The molecule has 0 aromatic carbocycles. The van der Waals surface area contributed by atoms with Crippen molar-refractivity contribution in [3.63, 3.8) is 0 Å². The van der Waals surface area contributed by atoms with Gasteiger partial charge in [0.15, 0.2) is 0 Å². The number of ketones is 1. The molecule has 0 radical (unpaired) electrons. The molecule has 0 aliphatic carbocycles. The van der Waals surface area contributed by atoms with E-state index in [1.165, 1.54) is 0 Å². The molecule has 0 bridgehead atoms. The Morgan fingerprint density at radius 2 is 2.36 bits per heavy atom. The number of halogens is 1. The first-order chi connectivity index (χ1) is 6.66. The zero-order valence-corrected chi connectivity index (χ0v) is 9.28. The van der Waals surface area contributed by atoms with Crippen molar-refractivity contribution in [2.45, 2.75) is 13.3 Å². The number of rotatable bonds is 2. The van der Waals surface area contributed by atoms with Gasteiger partial charge in [0, 0.05) is 10.7 Å². The molecule has 0 N–H and O–H groups in total. The van der Waals surface area contributed by atoms with Crippen LogP contribution in [0.5, 0.6) is 0 Å². The van der Waals surface area contributed by atoms with Gasteiger partial charge in [0.25, 0.3) is 0 Å². The fourth-order valence-electron chi connectivity index (χ4n) is 1.37. The van der Waals surface area contributed by atoms with Crippen molar-refractivity contribution in [1.82, 2.24) is 9.38 Å². The van der Waals surface area contributed by atoms with Crippen molar-refractivity contribution in [2.75, 3.05) is 0 Å². The summed E-state index contributed by atoms with van der Waals surface area (Å²) in [7, 11) is 0. The third kappa shape index (κ3) is 1.70. The van der Waals surface area contributed by atoms with Crippen LogP contribution >= 0.6 is 15.9 Å². The van der Waals surface area contributed by atoms with Gasteiger partial charge in [-0.05, 0) is 35.0 Å². The molecule has 14 heavy (non-hydrogen) atoms. The minimum Gasteiger partial charge on any atom is -0.302 e. The second kappa shape index (κ2) is 3.53. The summed E-state index contributed by atoms with van der Waals surface area (Å²) in [5.41, 5.74) is 1.00. The molecule has 0 aliphatic heterocycles. The smallest absolute Gasteiger partial charge is 0.137 e. The second-order valence-corrected chi connectivity index (χ2v) is 4.11. The largest absolute Gasteiger partial charge is 0.302 e. The number of nitrogens with zero attached hydrogens (tertiary/aromatic N) is 2. The highest BCUT2D eigenvalue weighted by Gasteiger charge is 2.05. The minimum atomic E-state index is 0.123. The molecular formula is C10H9BrN2O. The Balaban J connectivity index is 2.55. The summed E-state index contributed by atoms with van der Waals surface area (Å²) in [5, 5.41) is 0. The highest BCUT2D eigenvalue weighted by molar-refractivity contribution is 9.10. The van der Waals surface area contributed by atoms with E-state index < -0.39 is 0 Å². The van der Waals surface area contributed by atoms with Crippen LogP contribution in [0.2, 0.25) is 0 Å². The van der Waals surface area contributed by atoms with E-state index >= 15 is 0 Å². The monoisotopic (exact) mass is 252 g/mol. The third-order valence-corrected chi connectivity index (χ3v) is 2.44. The average molecular weight is 253 g/mol. The van der Waals surface area contributed by atoms with E-state index in [0.29, 0.717) is 6.42 Å². The SMILES string of the molecule is CC(=O)Cc1ncc2ccc(Br)cn12. The first-order valence-electron chi connectivity index (χ1n) is 4.28. The number of aromatic nitrogens is 2. The van der Waals surface area contributed by atoms with Crippen molar-refractivity contribution >= 4 is 27.2 Å². The van der Waals surface area contributed by atoms with E-state index in [0.717, 1.165) is 15.8 Å². The molecule has 72 valence electrons. The van der Waals surface area contributed by atoms with Gasteiger partial charge in [-0.1, -0.05) is 0 Å². The lowest BCUT2D eigenvalue weighted by Gasteiger charge is -1.99. The van der Waals surface area contributed by atoms with Crippen molar-refractivity contribution in [2.24, 2.45) is 0 Å². The number of carbonyl (C=O) groups excluding carboxylic acids is 1. The molecule has 0 saturated carbocycles. The summed E-state index contributed by atoms with van der Waals surface area (Å²) in [4.78, 5) is 15.2. The maximum absolute atomic E-state index is 11.0. The number of Topliss-reactive ketones (excluding diaryl/α,β-unsaturated/α-hetero) is 1. The molecule has 3 nitrogen and oxygen atoms in total. The van der Waals surface area contributed by atoms with Crippen LogP contribution in [0.25, 0.3) is 5.52 Å². The number of imidazole rings is 1. The molecule has 2 heterocycles. The summed E-state index contributed by atoms with van der Waals surface area (Å²) >= 11 is 3.38. The first-order valence-corrected chi connectivity index (χ1v) is 5.07. The van der Waals surface area contributed by atoms with Gasteiger partial charge in [-0.2, -0.15) is 0 Å². The van der Waals surface area contributed by atoms with E-state index in [1.54, 1.807) is 13.1 Å². The topological polar surface area (TPSA) is 34.4 Å². The van der Waals surface area contributed by atoms with Crippen LogP contribution in [0.3, 0.4) is 0 Å². The lowest BCUT2D eigenvalue weighted by atomic mass is 10.3. The Morgan fingerprint density at radius 1 is 1.57 bits per heavy atom. The predicted molar refractivity (Wildman–Crippen MR) is 57.3 cm³/mol.